The number of carbonyl (C=O) groups excluding carboxylic acids is 1. The molecule has 0 aliphatic carbocycles. The minimum Gasteiger partial charge on any atom is -0.328 e. The van der Waals surface area contributed by atoms with Crippen molar-refractivity contribution in [3.8, 4) is 0 Å². The molecule has 1 fully saturated rings. The van der Waals surface area contributed by atoms with Crippen LogP contribution in [0.5, 0.6) is 0 Å². The Kier molecular flexibility index (Phi) is 8.70. The van der Waals surface area contributed by atoms with Gasteiger partial charge >= 0.3 is 18.4 Å². The fourth-order valence-corrected chi connectivity index (χ4v) is 4.20. The van der Waals surface area contributed by atoms with E-state index in [9.17, 15) is 35.5 Å². The van der Waals surface area contributed by atoms with E-state index in [-0.39, 0.29) is 36.6 Å². The summed E-state index contributed by atoms with van der Waals surface area (Å²) in [4.78, 5) is 15.8. The Morgan fingerprint density at radius 2 is 1.63 bits per heavy atom. The smallest absolute Gasteiger partial charge is 0.328 e. The van der Waals surface area contributed by atoms with Gasteiger partial charge < -0.3 is 15.5 Å². The van der Waals surface area contributed by atoms with Gasteiger partial charge in [0.2, 0.25) is 0 Å². The summed E-state index contributed by atoms with van der Waals surface area (Å²) in [5.74, 6) is -0.443. The van der Waals surface area contributed by atoms with E-state index in [2.05, 4.69) is 0 Å². The minimum absolute atomic E-state index is 0. The van der Waals surface area contributed by atoms with Gasteiger partial charge in [-0.1, -0.05) is 6.07 Å². The summed E-state index contributed by atoms with van der Waals surface area (Å²) in [5, 5.41) is 0. The number of carbonyl (C=O) groups is 1. The zero-order valence-corrected chi connectivity index (χ0v) is 19.7. The highest BCUT2D eigenvalue weighted by Crippen LogP contribution is 2.37. The van der Waals surface area contributed by atoms with E-state index in [0.29, 0.717) is 36.1 Å². The summed E-state index contributed by atoms with van der Waals surface area (Å²) in [6.45, 7) is 1.46. The van der Waals surface area contributed by atoms with Crippen molar-refractivity contribution in [2.45, 2.75) is 50.7 Å². The molecule has 2 N–H and O–H groups in total. The second-order valence-corrected chi connectivity index (χ2v) is 8.55. The molecule has 35 heavy (non-hydrogen) atoms. The van der Waals surface area contributed by atoms with Crippen LogP contribution in [0.1, 0.15) is 46.7 Å². The van der Waals surface area contributed by atoms with Crippen LogP contribution < -0.4 is 5.73 Å². The third kappa shape index (κ3) is 6.78. The first-order valence-electron chi connectivity index (χ1n) is 10.5. The molecule has 1 heterocycles. The Labute approximate surface area is 204 Å². The van der Waals surface area contributed by atoms with Crippen molar-refractivity contribution in [1.82, 2.24) is 9.80 Å². The van der Waals surface area contributed by atoms with Crippen LogP contribution in [0.3, 0.4) is 0 Å². The molecule has 2 atom stereocenters. The van der Waals surface area contributed by atoms with E-state index in [1.165, 1.54) is 24.1 Å². The van der Waals surface area contributed by atoms with Crippen molar-refractivity contribution in [2.24, 2.45) is 5.73 Å². The number of halogens is 8. The maximum Gasteiger partial charge on any atom is 0.416 e. The topological polar surface area (TPSA) is 49.6 Å². The van der Waals surface area contributed by atoms with E-state index >= 15 is 0 Å². The SMILES string of the molecule is Cc1cc(F)ccc1[C@@H]1C[C@H](N)CCN1C(=O)N(C)Cc1cc(C(F)(F)F)cc(C(F)(F)F)c1.Cl. The van der Waals surface area contributed by atoms with Crippen molar-refractivity contribution in [1.29, 1.82) is 0 Å². The van der Waals surface area contributed by atoms with Gasteiger partial charge in [-0.2, -0.15) is 26.3 Å². The van der Waals surface area contributed by atoms with Crippen molar-refractivity contribution in [2.75, 3.05) is 13.6 Å². The van der Waals surface area contributed by atoms with Crippen LogP contribution in [0.15, 0.2) is 36.4 Å². The van der Waals surface area contributed by atoms with Crippen LogP contribution in [-0.4, -0.2) is 35.5 Å². The highest BCUT2D eigenvalue weighted by molar-refractivity contribution is 5.85. The molecule has 0 aromatic heterocycles. The van der Waals surface area contributed by atoms with Crippen LogP contribution >= 0.6 is 12.4 Å². The number of alkyl halides is 6. The molecule has 12 heteroatoms. The van der Waals surface area contributed by atoms with Gasteiger partial charge in [0.1, 0.15) is 5.82 Å². The number of piperidine rings is 1. The summed E-state index contributed by atoms with van der Waals surface area (Å²) in [6, 6.07) is 4.08. The van der Waals surface area contributed by atoms with E-state index in [0.717, 1.165) is 4.90 Å². The lowest BCUT2D eigenvalue weighted by molar-refractivity contribution is -0.143. The molecular weight excluding hydrogens is 503 g/mol. The van der Waals surface area contributed by atoms with Gasteiger partial charge in [0.15, 0.2) is 0 Å². The molecule has 0 spiro atoms. The summed E-state index contributed by atoms with van der Waals surface area (Å²) in [7, 11) is 1.30. The number of hydrogen-bond acceptors (Lipinski definition) is 2. The van der Waals surface area contributed by atoms with Gasteiger partial charge in [-0.3, -0.25) is 0 Å². The molecule has 0 saturated carbocycles. The van der Waals surface area contributed by atoms with Crippen LogP contribution in [0, 0.1) is 12.7 Å². The second kappa shape index (κ2) is 10.6. The molecule has 0 bridgehead atoms. The third-order valence-corrected chi connectivity index (χ3v) is 5.87. The summed E-state index contributed by atoms with van der Waals surface area (Å²) in [5.41, 5.74) is 4.17. The normalized spacial score (nSPS) is 18.7. The quantitative estimate of drug-likeness (QED) is 0.476. The Bertz CT molecular complexity index is 1030. The lowest BCUT2D eigenvalue weighted by Gasteiger charge is -2.41. The zero-order valence-electron chi connectivity index (χ0n) is 18.9. The first-order valence-corrected chi connectivity index (χ1v) is 10.5. The van der Waals surface area contributed by atoms with Crippen molar-refractivity contribution < 1.29 is 35.5 Å². The van der Waals surface area contributed by atoms with Crippen LogP contribution in [0.4, 0.5) is 35.5 Å². The van der Waals surface area contributed by atoms with Gasteiger partial charge in [0.05, 0.1) is 17.2 Å². The van der Waals surface area contributed by atoms with Gasteiger partial charge in [-0.05, 0) is 66.8 Å². The predicted molar refractivity (Wildman–Crippen MR) is 118 cm³/mol. The van der Waals surface area contributed by atoms with E-state index in [1.54, 1.807) is 13.0 Å². The van der Waals surface area contributed by atoms with Crippen molar-refractivity contribution in [3.63, 3.8) is 0 Å². The maximum atomic E-state index is 13.6. The van der Waals surface area contributed by atoms with Crippen LogP contribution in [-0.2, 0) is 18.9 Å². The molecule has 2 amide bonds. The fraction of sp³-hybridized carbons (Fsp3) is 0.435. The average Bonchev–Trinajstić information content (AvgIpc) is 2.71. The molecule has 1 aliphatic heterocycles. The van der Waals surface area contributed by atoms with E-state index in [4.69, 9.17) is 5.73 Å². The molecule has 1 aliphatic rings. The van der Waals surface area contributed by atoms with Gasteiger partial charge in [0.25, 0.3) is 0 Å². The number of benzene rings is 2. The summed E-state index contributed by atoms with van der Waals surface area (Å²) in [6.07, 6.45) is -9.11. The van der Waals surface area contributed by atoms with Crippen LogP contribution in [0.2, 0.25) is 0 Å². The Balaban J connectivity index is 0.00000432. The molecule has 194 valence electrons. The number of rotatable bonds is 3. The molecule has 0 radical (unpaired) electrons. The molecule has 2 aromatic carbocycles. The number of nitrogens with zero attached hydrogens (tertiary/aromatic N) is 2. The number of amides is 2. The van der Waals surface area contributed by atoms with Crippen molar-refractivity contribution in [3.05, 3.63) is 70.0 Å². The Morgan fingerprint density at radius 3 is 2.14 bits per heavy atom. The lowest BCUT2D eigenvalue weighted by Crippen LogP contribution is -2.49. The number of aryl methyl sites for hydroxylation is 1. The molecule has 2 aromatic rings. The summed E-state index contributed by atoms with van der Waals surface area (Å²) < 4.78 is 92.6. The first-order chi connectivity index (χ1) is 15.7. The second-order valence-electron chi connectivity index (χ2n) is 8.55. The molecule has 0 unspecified atom stereocenters. The molecular formula is C23H25ClF7N3O. The summed E-state index contributed by atoms with van der Waals surface area (Å²) >= 11 is 0. The first kappa shape index (κ1) is 28.7. The molecule has 4 nitrogen and oxygen atoms in total. The monoisotopic (exact) mass is 527 g/mol. The largest absolute Gasteiger partial charge is 0.416 e. The lowest BCUT2D eigenvalue weighted by atomic mass is 9.90. The van der Waals surface area contributed by atoms with Crippen LogP contribution in [0.25, 0.3) is 0 Å². The number of urea groups is 1. The average molecular weight is 528 g/mol. The number of hydrogen-bond donors (Lipinski definition) is 1. The Hall–Kier alpha value is -2.53. The standard InChI is InChI=1S/C23H24F7N3O.ClH/c1-13-7-17(24)3-4-19(13)20-11-18(31)5-6-33(20)21(34)32(2)12-14-8-15(22(25,26)27)10-16(9-14)23(28,29)30;/h3-4,7-10,18,20H,5-6,11-12,31H2,1-2H3;1H/t18-,20+;/m1./s1. The van der Waals surface area contributed by atoms with Gasteiger partial charge in [-0.15, -0.1) is 12.4 Å². The third-order valence-electron chi connectivity index (χ3n) is 5.87. The highest BCUT2D eigenvalue weighted by Gasteiger charge is 2.38. The Morgan fingerprint density at radius 1 is 1.06 bits per heavy atom. The minimum atomic E-state index is -4.98. The fourth-order valence-electron chi connectivity index (χ4n) is 4.20. The molecule has 3 rings (SSSR count). The van der Waals surface area contributed by atoms with Gasteiger partial charge in [0, 0.05) is 26.2 Å². The van der Waals surface area contributed by atoms with Crippen molar-refractivity contribution >= 4 is 18.4 Å². The molecule has 1 saturated heterocycles. The zero-order chi connectivity index (χ0) is 25.4. The maximum absolute atomic E-state index is 13.6. The predicted octanol–water partition coefficient (Wildman–Crippen LogP) is 6.31. The number of nitrogens with two attached hydrogens (primary N) is 1. The number of likely N-dealkylation sites (tertiary alicyclic amines) is 1. The van der Waals surface area contributed by atoms with E-state index < -0.39 is 47.9 Å². The highest BCUT2D eigenvalue weighted by atomic mass is 35.5. The van der Waals surface area contributed by atoms with E-state index in [1.807, 2.05) is 0 Å². The van der Waals surface area contributed by atoms with Gasteiger partial charge in [-0.25, -0.2) is 9.18 Å².